The van der Waals surface area contributed by atoms with E-state index < -0.39 is 51.1 Å². The summed E-state index contributed by atoms with van der Waals surface area (Å²) in [7, 11) is -4.73. The molecule has 0 heterocycles. The average molecular weight is 866 g/mol. The third kappa shape index (κ3) is 41.9. The molecule has 1 unspecified atom stereocenters. The van der Waals surface area contributed by atoms with Crippen LogP contribution < -0.4 is 5.73 Å². The van der Waals surface area contributed by atoms with E-state index in [0.29, 0.717) is 19.3 Å². The molecule has 0 saturated heterocycles. The highest BCUT2D eigenvalue weighted by atomic mass is 31.2. The molecule has 0 bridgehead atoms. The molecule has 0 amide bonds. The van der Waals surface area contributed by atoms with E-state index in [0.717, 1.165) is 44.9 Å². The number of aliphatic carboxylic acids is 1. The molecule has 0 aliphatic carbocycles. The van der Waals surface area contributed by atoms with E-state index in [1.165, 1.54) is 103 Å². The van der Waals surface area contributed by atoms with Crippen molar-refractivity contribution in [3.8, 4) is 0 Å². The smallest absolute Gasteiger partial charge is 0.472 e. The van der Waals surface area contributed by atoms with Crippen molar-refractivity contribution in [3.63, 3.8) is 0 Å². The lowest BCUT2D eigenvalue weighted by molar-refractivity contribution is -0.161. The first-order valence-corrected chi connectivity index (χ1v) is 24.8. The second-order valence-corrected chi connectivity index (χ2v) is 17.0. The number of carbonyl (C=O) groups is 3. The van der Waals surface area contributed by atoms with Gasteiger partial charge in [0.1, 0.15) is 12.6 Å². The third-order valence-electron chi connectivity index (χ3n) is 9.74. The fourth-order valence-electron chi connectivity index (χ4n) is 6.05. The van der Waals surface area contributed by atoms with Gasteiger partial charge in [0.25, 0.3) is 0 Å². The number of rotatable bonds is 43. The van der Waals surface area contributed by atoms with Crippen molar-refractivity contribution in [2.24, 2.45) is 5.73 Å². The summed E-state index contributed by atoms with van der Waals surface area (Å²) < 4.78 is 32.7. The standard InChI is InChI=1S/C48H84NO10P/c1-3-5-7-9-11-13-15-17-19-21-22-24-26-28-30-32-34-36-38-40-47(51)59-44(42-57-60(54,55)58-43-45(49)48(52)53)41-56-46(50)39-37-35-33-31-29-27-25-23-20-18-16-14-12-10-8-6-4-2/h12,14,17-20,25,27,31,33,44-45H,3-11,13,15-16,21-24,26,28-30,32,34-43,49H2,1-2H3,(H,52,53)(H,54,55)/b14-12+,19-17+,20-18+,27-25+,33-31+/t44-,45+/m1/s1. The third-order valence-corrected chi connectivity index (χ3v) is 10.7. The highest BCUT2D eigenvalue weighted by Gasteiger charge is 2.28. The topological polar surface area (TPSA) is 172 Å². The summed E-state index contributed by atoms with van der Waals surface area (Å²) in [5.74, 6) is -2.45. The fraction of sp³-hybridized carbons (Fsp3) is 0.729. The molecule has 346 valence electrons. The second kappa shape index (κ2) is 42.9. The molecule has 4 N–H and O–H groups in total. The summed E-state index contributed by atoms with van der Waals surface area (Å²) in [6.07, 6.45) is 50.0. The number of esters is 2. The van der Waals surface area contributed by atoms with Crippen LogP contribution in [0.4, 0.5) is 0 Å². The van der Waals surface area contributed by atoms with Gasteiger partial charge in [0.2, 0.25) is 0 Å². The van der Waals surface area contributed by atoms with E-state index >= 15 is 0 Å². The fourth-order valence-corrected chi connectivity index (χ4v) is 6.83. The monoisotopic (exact) mass is 866 g/mol. The number of nitrogens with two attached hydrogens (primary N) is 1. The summed E-state index contributed by atoms with van der Waals surface area (Å²) in [5.41, 5.74) is 5.34. The van der Waals surface area contributed by atoms with Crippen molar-refractivity contribution in [2.45, 2.75) is 206 Å². The van der Waals surface area contributed by atoms with Crippen LogP contribution in [0.1, 0.15) is 194 Å². The predicted octanol–water partition coefficient (Wildman–Crippen LogP) is 12.7. The molecule has 60 heavy (non-hydrogen) atoms. The van der Waals surface area contributed by atoms with Gasteiger partial charge < -0.3 is 25.2 Å². The zero-order chi connectivity index (χ0) is 44.2. The Morgan fingerprint density at radius 2 is 0.900 bits per heavy atom. The molecule has 0 radical (unpaired) electrons. The van der Waals surface area contributed by atoms with Crippen LogP contribution in [-0.4, -0.2) is 59.9 Å². The quantitative estimate of drug-likeness (QED) is 0.0230. The number of hydrogen-bond acceptors (Lipinski definition) is 9. The number of phosphoric acid groups is 1. The Bertz CT molecular complexity index is 1250. The van der Waals surface area contributed by atoms with E-state index in [-0.39, 0.29) is 19.4 Å². The van der Waals surface area contributed by atoms with Crippen LogP contribution in [0.5, 0.6) is 0 Å². The van der Waals surface area contributed by atoms with E-state index in [4.69, 9.17) is 24.8 Å². The van der Waals surface area contributed by atoms with E-state index in [9.17, 15) is 23.8 Å². The van der Waals surface area contributed by atoms with Gasteiger partial charge in [0.15, 0.2) is 6.10 Å². The summed E-state index contributed by atoms with van der Waals surface area (Å²) in [6, 6.07) is -1.53. The summed E-state index contributed by atoms with van der Waals surface area (Å²) in [4.78, 5) is 46.0. The van der Waals surface area contributed by atoms with Crippen LogP contribution in [0.15, 0.2) is 60.8 Å². The summed E-state index contributed by atoms with van der Waals surface area (Å²) in [5, 5.41) is 8.90. The zero-order valence-electron chi connectivity index (χ0n) is 37.5. The number of carboxylic acid groups (broad SMARTS) is 1. The molecule has 0 aromatic rings. The normalized spacial score (nSPS) is 14.2. The van der Waals surface area contributed by atoms with Crippen LogP contribution in [0.3, 0.4) is 0 Å². The molecule has 3 atom stereocenters. The van der Waals surface area contributed by atoms with E-state index in [1.54, 1.807) is 0 Å². The van der Waals surface area contributed by atoms with Crippen molar-refractivity contribution >= 4 is 25.7 Å². The lowest BCUT2D eigenvalue weighted by atomic mass is 10.1. The molecule has 0 fully saturated rings. The van der Waals surface area contributed by atoms with E-state index in [1.807, 2.05) is 6.08 Å². The lowest BCUT2D eigenvalue weighted by Crippen LogP contribution is -2.34. The van der Waals surface area contributed by atoms with Gasteiger partial charge in [0, 0.05) is 12.8 Å². The average Bonchev–Trinajstić information content (AvgIpc) is 3.22. The molecule has 0 aliphatic rings. The highest BCUT2D eigenvalue weighted by molar-refractivity contribution is 7.47. The zero-order valence-corrected chi connectivity index (χ0v) is 38.4. The molecular formula is C48H84NO10P. The van der Waals surface area contributed by atoms with E-state index in [2.05, 4.69) is 73.1 Å². The van der Waals surface area contributed by atoms with Crippen molar-refractivity contribution in [1.29, 1.82) is 0 Å². The maximum atomic E-state index is 12.7. The molecule has 0 aliphatic heterocycles. The number of ether oxygens (including phenoxy) is 2. The Morgan fingerprint density at radius 3 is 1.42 bits per heavy atom. The largest absolute Gasteiger partial charge is 0.480 e. The first-order chi connectivity index (χ1) is 29.1. The van der Waals surface area contributed by atoms with Crippen LogP contribution in [-0.2, 0) is 37.5 Å². The van der Waals surface area contributed by atoms with Gasteiger partial charge in [0.05, 0.1) is 13.2 Å². The molecule has 0 aromatic heterocycles. The van der Waals surface area contributed by atoms with Gasteiger partial charge in [-0.15, -0.1) is 0 Å². The van der Waals surface area contributed by atoms with Crippen molar-refractivity contribution < 1.29 is 47.5 Å². The van der Waals surface area contributed by atoms with Gasteiger partial charge in [-0.1, -0.05) is 164 Å². The number of carbonyl (C=O) groups excluding carboxylic acids is 2. The number of hydrogen-bond donors (Lipinski definition) is 3. The Balaban J connectivity index is 4.40. The second-order valence-electron chi connectivity index (χ2n) is 15.5. The van der Waals surface area contributed by atoms with Crippen LogP contribution in [0.2, 0.25) is 0 Å². The minimum atomic E-state index is -4.73. The van der Waals surface area contributed by atoms with Gasteiger partial charge in [-0.25, -0.2) is 4.57 Å². The first kappa shape index (κ1) is 57.2. The Kier molecular flexibility index (Phi) is 40.8. The van der Waals surface area contributed by atoms with Crippen LogP contribution in [0.25, 0.3) is 0 Å². The molecule has 12 heteroatoms. The SMILES string of the molecule is CCCCC/C=C/C/C=C/C/C=C/C/C=C/CCCC(=O)OC[C@H](COP(=O)(O)OC[C@H](N)C(=O)O)OC(=O)CCCCCCCCCCC/C=C/CCCCCCCC. The number of unbranched alkanes of at least 4 members (excludes halogenated alkanes) is 19. The Hall–Kier alpha value is -2.82. The predicted molar refractivity (Wildman–Crippen MR) is 245 cm³/mol. The lowest BCUT2D eigenvalue weighted by Gasteiger charge is -2.20. The van der Waals surface area contributed by atoms with Crippen LogP contribution >= 0.6 is 7.82 Å². The molecular weight excluding hydrogens is 781 g/mol. The van der Waals surface area contributed by atoms with Crippen molar-refractivity contribution in [1.82, 2.24) is 0 Å². The summed E-state index contributed by atoms with van der Waals surface area (Å²) >= 11 is 0. The van der Waals surface area contributed by atoms with Crippen molar-refractivity contribution in [2.75, 3.05) is 19.8 Å². The summed E-state index contributed by atoms with van der Waals surface area (Å²) in [6.45, 7) is 2.72. The van der Waals surface area contributed by atoms with Gasteiger partial charge in [-0.3, -0.25) is 23.4 Å². The molecule has 0 saturated carbocycles. The maximum Gasteiger partial charge on any atom is 0.472 e. The van der Waals surface area contributed by atoms with Crippen molar-refractivity contribution in [3.05, 3.63) is 60.8 Å². The highest BCUT2D eigenvalue weighted by Crippen LogP contribution is 2.43. The molecule has 0 rings (SSSR count). The minimum Gasteiger partial charge on any atom is -0.480 e. The number of phosphoric ester groups is 1. The number of allylic oxidation sites excluding steroid dienone is 10. The Labute approximate surface area is 364 Å². The molecule has 0 aromatic carbocycles. The Morgan fingerprint density at radius 1 is 0.517 bits per heavy atom. The molecule has 0 spiro atoms. The number of carboxylic acids is 1. The van der Waals surface area contributed by atoms with Gasteiger partial charge >= 0.3 is 25.7 Å². The molecule has 11 nitrogen and oxygen atoms in total. The van der Waals surface area contributed by atoms with Crippen LogP contribution in [0, 0.1) is 0 Å². The minimum absolute atomic E-state index is 0.144. The van der Waals surface area contributed by atoms with Gasteiger partial charge in [-0.2, -0.15) is 0 Å². The van der Waals surface area contributed by atoms with Gasteiger partial charge in [-0.05, 0) is 77.0 Å². The first-order valence-electron chi connectivity index (χ1n) is 23.3. The maximum absolute atomic E-state index is 12.7.